The van der Waals surface area contributed by atoms with Crippen LogP contribution in [0.5, 0.6) is 5.75 Å². The molecule has 1 saturated heterocycles. The molecule has 1 atom stereocenters. The van der Waals surface area contributed by atoms with Crippen LogP contribution in [0.2, 0.25) is 0 Å². The maximum atomic E-state index is 12.8. The van der Waals surface area contributed by atoms with Gasteiger partial charge in [0.15, 0.2) is 0 Å². The number of hydrogen-bond donors (Lipinski definition) is 1. The SMILES string of the molecule is Cc1cccc(NC(=O)C2CSCN2C(=O)CCc2ccccc2OC(F)(F)F)c1C. The number of amides is 2. The molecule has 2 amide bonds. The number of anilines is 1. The van der Waals surface area contributed by atoms with Gasteiger partial charge in [0.2, 0.25) is 11.8 Å². The summed E-state index contributed by atoms with van der Waals surface area (Å²) in [6.45, 7) is 3.87. The van der Waals surface area contributed by atoms with Crippen molar-refractivity contribution in [2.75, 3.05) is 16.9 Å². The van der Waals surface area contributed by atoms with Gasteiger partial charge in [-0.25, -0.2) is 0 Å². The summed E-state index contributed by atoms with van der Waals surface area (Å²) in [6.07, 6.45) is -4.74. The minimum Gasteiger partial charge on any atom is -0.406 e. The lowest BCUT2D eigenvalue weighted by Crippen LogP contribution is -2.44. The number of ether oxygens (including phenoxy) is 1. The quantitative estimate of drug-likeness (QED) is 0.692. The fourth-order valence-electron chi connectivity index (χ4n) is 3.33. The number of benzene rings is 2. The first-order valence-electron chi connectivity index (χ1n) is 9.73. The van der Waals surface area contributed by atoms with Crippen molar-refractivity contribution < 1.29 is 27.5 Å². The maximum Gasteiger partial charge on any atom is 0.573 e. The predicted molar refractivity (Wildman–Crippen MR) is 114 cm³/mol. The van der Waals surface area contributed by atoms with E-state index in [2.05, 4.69) is 10.1 Å². The van der Waals surface area contributed by atoms with Crippen molar-refractivity contribution in [3.63, 3.8) is 0 Å². The second kappa shape index (κ2) is 9.64. The topological polar surface area (TPSA) is 58.6 Å². The molecule has 1 heterocycles. The Bertz CT molecular complexity index is 965. The van der Waals surface area contributed by atoms with E-state index in [1.54, 1.807) is 6.07 Å². The molecule has 0 aromatic heterocycles. The summed E-state index contributed by atoms with van der Waals surface area (Å²) in [6, 6.07) is 10.7. The molecule has 1 aliphatic rings. The van der Waals surface area contributed by atoms with Gasteiger partial charge < -0.3 is 15.0 Å². The number of para-hydroxylation sites is 1. The van der Waals surface area contributed by atoms with Crippen molar-refractivity contribution in [3.8, 4) is 5.75 Å². The van der Waals surface area contributed by atoms with Gasteiger partial charge in [0.05, 0.1) is 5.88 Å². The lowest BCUT2D eigenvalue weighted by molar-refractivity contribution is -0.274. The van der Waals surface area contributed by atoms with E-state index in [1.165, 1.54) is 34.9 Å². The smallest absolute Gasteiger partial charge is 0.406 e. The van der Waals surface area contributed by atoms with Gasteiger partial charge in [0, 0.05) is 17.9 Å². The Balaban J connectivity index is 1.64. The summed E-state index contributed by atoms with van der Waals surface area (Å²) in [5.41, 5.74) is 3.00. The lowest BCUT2D eigenvalue weighted by atomic mass is 10.1. The summed E-state index contributed by atoms with van der Waals surface area (Å²) < 4.78 is 41.8. The Morgan fingerprint density at radius 3 is 2.65 bits per heavy atom. The number of thioether (sulfide) groups is 1. The Morgan fingerprint density at radius 2 is 1.90 bits per heavy atom. The fraction of sp³-hybridized carbons (Fsp3) is 0.364. The minimum atomic E-state index is -4.80. The van der Waals surface area contributed by atoms with E-state index in [-0.39, 0.29) is 36.0 Å². The molecule has 31 heavy (non-hydrogen) atoms. The van der Waals surface area contributed by atoms with Crippen LogP contribution in [-0.4, -0.2) is 40.7 Å². The van der Waals surface area contributed by atoms with E-state index in [4.69, 9.17) is 0 Å². The number of nitrogens with one attached hydrogen (secondary N) is 1. The van der Waals surface area contributed by atoms with E-state index in [1.807, 2.05) is 32.0 Å². The number of aryl methyl sites for hydroxylation is 2. The Morgan fingerprint density at radius 1 is 1.16 bits per heavy atom. The molecule has 0 aliphatic carbocycles. The minimum absolute atomic E-state index is 0.0218. The van der Waals surface area contributed by atoms with Gasteiger partial charge in [-0.15, -0.1) is 24.9 Å². The number of carbonyl (C=O) groups is 2. The molecule has 166 valence electrons. The van der Waals surface area contributed by atoms with Crippen LogP contribution >= 0.6 is 11.8 Å². The third kappa shape index (κ3) is 5.94. The number of hydrogen-bond acceptors (Lipinski definition) is 4. The second-order valence-corrected chi connectivity index (χ2v) is 8.27. The van der Waals surface area contributed by atoms with Gasteiger partial charge >= 0.3 is 6.36 Å². The fourth-order valence-corrected chi connectivity index (χ4v) is 4.51. The third-order valence-corrected chi connectivity index (χ3v) is 6.19. The molecule has 2 aromatic carbocycles. The van der Waals surface area contributed by atoms with E-state index in [0.29, 0.717) is 17.3 Å². The van der Waals surface area contributed by atoms with E-state index >= 15 is 0 Å². The van der Waals surface area contributed by atoms with E-state index < -0.39 is 12.4 Å². The first-order valence-corrected chi connectivity index (χ1v) is 10.9. The molecule has 1 N–H and O–H groups in total. The summed E-state index contributed by atoms with van der Waals surface area (Å²) in [7, 11) is 0. The molecule has 5 nitrogen and oxygen atoms in total. The molecule has 1 aliphatic heterocycles. The highest BCUT2D eigenvalue weighted by molar-refractivity contribution is 7.99. The van der Waals surface area contributed by atoms with Gasteiger partial charge in [-0.1, -0.05) is 30.3 Å². The van der Waals surface area contributed by atoms with Crippen molar-refractivity contribution in [2.45, 2.75) is 39.1 Å². The molecule has 0 saturated carbocycles. The molecule has 9 heteroatoms. The molecular weight excluding hydrogens is 429 g/mol. The first-order chi connectivity index (χ1) is 14.7. The predicted octanol–water partition coefficient (Wildman–Crippen LogP) is 4.67. The largest absolute Gasteiger partial charge is 0.573 e. The van der Waals surface area contributed by atoms with Crippen LogP contribution < -0.4 is 10.1 Å². The van der Waals surface area contributed by atoms with Crippen molar-refractivity contribution >= 4 is 29.3 Å². The summed E-state index contributed by atoms with van der Waals surface area (Å²) in [5.74, 6) is -0.0377. The summed E-state index contributed by atoms with van der Waals surface area (Å²) in [5, 5.41) is 2.90. The van der Waals surface area contributed by atoms with Crippen LogP contribution in [0, 0.1) is 13.8 Å². The standard InChI is InChI=1S/C22H23F3N2O3S/c1-14-6-5-8-17(15(14)2)26-21(29)18-12-31-13-27(18)20(28)11-10-16-7-3-4-9-19(16)30-22(23,24)25/h3-9,18H,10-13H2,1-2H3,(H,26,29). The van der Waals surface area contributed by atoms with Crippen molar-refractivity contribution in [2.24, 2.45) is 0 Å². The van der Waals surface area contributed by atoms with Gasteiger partial charge in [0.1, 0.15) is 11.8 Å². The van der Waals surface area contributed by atoms with Crippen LogP contribution in [-0.2, 0) is 16.0 Å². The molecule has 0 spiro atoms. The summed E-state index contributed by atoms with van der Waals surface area (Å²) in [4.78, 5) is 27.1. The van der Waals surface area contributed by atoms with Gasteiger partial charge in [-0.2, -0.15) is 0 Å². The number of halogens is 3. The molecule has 1 unspecified atom stereocenters. The van der Waals surface area contributed by atoms with Gasteiger partial charge in [-0.3, -0.25) is 9.59 Å². The lowest BCUT2D eigenvalue weighted by Gasteiger charge is -2.24. The highest BCUT2D eigenvalue weighted by Crippen LogP contribution is 2.28. The molecule has 1 fully saturated rings. The zero-order chi connectivity index (χ0) is 22.6. The third-order valence-electron chi connectivity index (χ3n) is 5.17. The normalized spacial score (nSPS) is 16.3. The van der Waals surface area contributed by atoms with Gasteiger partial charge in [-0.05, 0) is 49.1 Å². The van der Waals surface area contributed by atoms with Crippen LogP contribution in [0.25, 0.3) is 0 Å². The Hall–Kier alpha value is -2.68. The molecule has 2 aromatic rings. The highest BCUT2D eigenvalue weighted by atomic mass is 32.2. The van der Waals surface area contributed by atoms with Crippen LogP contribution in [0.1, 0.15) is 23.1 Å². The Labute approximate surface area is 182 Å². The van der Waals surface area contributed by atoms with Crippen molar-refractivity contribution in [1.29, 1.82) is 0 Å². The van der Waals surface area contributed by atoms with Gasteiger partial charge in [0.25, 0.3) is 0 Å². The second-order valence-electron chi connectivity index (χ2n) is 7.27. The van der Waals surface area contributed by atoms with E-state index in [0.717, 1.165) is 11.1 Å². The summed E-state index contributed by atoms with van der Waals surface area (Å²) >= 11 is 1.47. The number of carbonyl (C=O) groups excluding carboxylic acids is 2. The molecule has 0 radical (unpaired) electrons. The zero-order valence-corrected chi connectivity index (χ0v) is 18.0. The van der Waals surface area contributed by atoms with Crippen LogP contribution in [0.4, 0.5) is 18.9 Å². The van der Waals surface area contributed by atoms with E-state index in [9.17, 15) is 22.8 Å². The monoisotopic (exact) mass is 452 g/mol. The Kier molecular flexibility index (Phi) is 7.15. The molecule has 3 rings (SSSR count). The number of alkyl halides is 3. The molecule has 0 bridgehead atoms. The van der Waals surface area contributed by atoms with Crippen molar-refractivity contribution in [3.05, 3.63) is 59.2 Å². The number of nitrogens with zero attached hydrogens (tertiary/aromatic N) is 1. The molecular formula is C22H23F3N2O3S. The van der Waals surface area contributed by atoms with Crippen LogP contribution in [0.3, 0.4) is 0 Å². The zero-order valence-electron chi connectivity index (χ0n) is 17.2. The first kappa shape index (κ1) is 23.0. The van der Waals surface area contributed by atoms with Crippen molar-refractivity contribution in [1.82, 2.24) is 4.90 Å². The average molecular weight is 452 g/mol. The van der Waals surface area contributed by atoms with Crippen LogP contribution in [0.15, 0.2) is 42.5 Å². The number of rotatable bonds is 6. The highest BCUT2D eigenvalue weighted by Gasteiger charge is 2.35. The average Bonchev–Trinajstić information content (AvgIpc) is 3.19. The maximum absolute atomic E-state index is 12.8.